The summed E-state index contributed by atoms with van der Waals surface area (Å²) in [6.45, 7) is 0.676. The van der Waals surface area contributed by atoms with Gasteiger partial charge in [0.2, 0.25) is 5.89 Å². The average molecular weight is 316 g/mol. The Morgan fingerprint density at radius 3 is 2.96 bits per heavy atom. The smallest absolute Gasteiger partial charge is 0.261 e. The Bertz CT molecular complexity index is 871. The Labute approximate surface area is 131 Å². The number of rotatable bonds is 6. The summed E-state index contributed by atoms with van der Waals surface area (Å²) in [6, 6.07) is 5.23. The minimum absolute atomic E-state index is 0.166. The maximum absolute atomic E-state index is 12.5. The zero-order valence-electron chi connectivity index (χ0n) is 12.9. The first-order valence-electron chi connectivity index (χ1n) is 7.05. The van der Waals surface area contributed by atoms with Crippen LogP contribution in [-0.2, 0) is 17.7 Å². The van der Waals surface area contributed by atoms with E-state index in [9.17, 15) is 4.79 Å². The molecule has 120 valence electrons. The summed E-state index contributed by atoms with van der Waals surface area (Å²) in [4.78, 5) is 21.1. The molecule has 0 saturated carbocycles. The third-order valence-corrected chi connectivity index (χ3v) is 3.38. The lowest BCUT2D eigenvalue weighted by Gasteiger charge is -2.06. The van der Waals surface area contributed by atoms with E-state index < -0.39 is 0 Å². The number of para-hydroxylation sites is 1. The van der Waals surface area contributed by atoms with E-state index in [1.165, 1.54) is 10.9 Å². The van der Waals surface area contributed by atoms with Gasteiger partial charge in [0, 0.05) is 13.5 Å². The molecule has 0 saturated heterocycles. The predicted molar refractivity (Wildman–Crippen MR) is 81.5 cm³/mol. The Morgan fingerprint density at radius 1 is 1.30 bits per heavy atom. The highest BCUT2D eigenvalue weighted by molar-refractivity contribution is 5.83. The van der Waals surface area contributed by atoms with Crippen LogP contribution in [0.4, 0.5) is 0 Å². The fourth-order valence-corrected chi connectivity index (χ4v) is 2.23. The maximum Gasteiger partial charge on any atom is 0.261 e. The van der Waals surface area contributed by atoms with Gasteiger partial charge in [-0.1, -0.05) is 11.2 Å². The summed E-state index contributed by atoms with van der Waals surface area (Å²) in [7, 11) is 3.15. The second kappa shape index (κ2) is 6.57. The molecule has 0 atom stereocenters. The number of aromatic nitrogens is 4. The van der Waals surface area contributed by atoms with E-state index in [2.05, 4.69) is 15.1 Å². The minimum Gasteiger partial charge on any atom is -0.494 e. The van der Waals surface area contributed by atoms with E-state index >= 15 is 0 Å². The van der Waals surface area contributed by atoms with Gasteiger partial charge < -0.3 is 14.0 Å². The molecular formula is C15H16N4O4. The van der Waals surface area contributed by atoms with Crippen LogP contribution in [0.5, 0.6) is 5.75 Å². The molecule has 0 amide bonds. The predicted octanol–water partition coefficient (Wildman–Crippen LogP) is 1.03. The SMILES string of the molecule is COCCc1noc(Cn2cnc3c(OC)cccc3c2=O)n1. The van der Waals surface area contributed by atoms with Crippen LogP contribution in [-0.4, -0.2) is 40.5 Å². The van der Waals surface area contributed by atoms with Gasteiger partial charge in [0.1, 0.15) is 17.8 Å². The Morgan fingerprint density at radius 2 is 2.17 bits per heavy atom. The highest BCUT2D eigenvalue weighted by atomic mass is 16.5. The van der Waals surface area contributed by atoms with Gasteiger partial charge in [-0.3, -0.25) is 9.36 Å². The lowest BCUT2D eigenvalue weighted by atomic mass is 10.2. The van der Waals surface area contributed by atoms with Crippen molar-refractivity contribution < 1.29 is 14.0 Å². The van der Waals surface area contributed by atoms with Crippen molar-refractivity contribution in [1.82, 2.24) is 19.7 Å². The van der Waals surface area contributed by atoms with Gasteiger partial charge in [-0.15, -0.1) is 0 Å². The molecule has 0 spiro atoms. The van der Waals surface area contributed by atoms with Crippen molar-refractivity contribution in [3.63, 3.8) is 0 Å². The zero-order chi connectivity index (χ0) is 16.2. The summed E-state index contributed by atoms with van der Waals surface area (Å²) in [5.74, 6) is 1.46. The van der Waals surface area contributed by atoms with Crippen molar-refractivity contribution in [2.45, 2.75) is 13.0 Å². The molecule has 23 heavy (non-hydrogen) atoms. The number of fused-ring (bicyclic) bond motifs is 1. The summed E-state index contributed by atoms with van der Waals surface area (Å²) in [5, 5.41) is 4.33. The Kier molecular flexibility index (Phi) is 4.33. The quantitative estimate of drug-likeness (QED) is 0.670. The van der Waals surface area contributed by atoms with E-state index in [1.807, 2.05) is 0 Å². The lowest BCUT2D eigenvalue weighted by Crippen LogP contribution is -2.21. The fourth-order valence-electron chi connectivity index (χ4n) is 2.23. The van der Waals surface area contributed by atoms with E-state index in [0.717, 1.165) is 0 Å². The molecule has 1 aromatic carbocycles. The lowest BCUT2D eigenvalue weighted by molar-refractivity contribution is 0.199. The second-order valence-corrected chi connectivity index (χ2v) is 4.88. The molecule has 0 radical (unpaired) electrons. The molecule has 2 heterocycles. The van der Waals surface area contributed by atoms with E-state index in [4.69, 9.17) is 14.0 Å². The molecule has 0 N–H and O–H groups in total. The van der Waals surface area contributed by atoms with Crippen LogP contribution >= 0.6 is 0 Å². The number of hydrogen-bond acceptors (Lipinski definition) is 7. The number of benzene rings is 1. The number of hydrogen-bond donors (Lipinski definition) is 0. The van der Waals surface area contributed by atoms with Gasteiger partial charge in [0.25, 0.3) is 5.56 Å². The average Bonchev–Trinajstić information content (AvgIpc) is 3.02. The fraction of sp³-hybridized carbons (Fsp3) is 0.333. The molecule has 0 bridgehead atoms. The molecular weight excluding hydrogens is 300 g/mol. The van der Waals surface area contributed by atoms with E-state index in [0.29, 0.717) is 41.4 Å². The Balaban J connectivity index is 1.90. The Hall–Kier alpha value is -2.74. The standard InChI is InChI=1S/C15H16N4O4/c1-21-7-6-12-17-13(23-18-12)8-19-9-16-14-10(15(19)20)4-3-5-11(14)22-2/h3-5,9H,6-8H2,1-2H3. The van der Waals surface area contributed by atoms with Gasteiger partial charge in [-0.25, -0.2) is 4.98 Å². The van der Waals surface area contributed by atoms with E-state index in [1.54, 1.807) is 32.4 Å². The van der Waals surface area contributed by atoms with Gasteiger partial charge in [0.05, 0.1) is 25.4 Å². The minimum atomic E-state index is -0.189. The van der Waals surface area contributed by atoms with Crippen LogP contribution < -0.4 is 10.3 Å². The summed E-state index contributed by atoms with van der Waals surface area (Å²) in [6.07, 6.45) is 2.01. The first-order valence-corrected chi connectivity index (χ1v) is 7.05. The maximum atomic E-state index is 12.5. The molecule has 3 rings (SSSR count). The van der Waals surface area contributed by atoms with Crippen molar-refractivity contribution in [2.75, 3.05) is 20.8 Å². The van der Waals surface area contributed by atoms with Crippen LogP contribution in [0, 0.1) is 0 Å². The molecule has 2 aromatic heterocycles. The summed E-state index contributed by atoms with van der Waals surface area (Å²) >= 11 is 0. The first kappa shape index (κ1) is 15.2. The molecule has 3 aromatic rings. The molecule has 8 heteroatoms. The monoisotopic (exact) mass is 316 g/mol. The van der Waals surface area contributed by atoms with Crippen molar-refractivity contribution in [3.05, 3.63) is 46.6 Å². The van der Waals surface area contributed by atoms with Crippen molar-refractivity contribution in [1.29, 1.82) is 0 Å². The second-order valence-electron chi connectivity index (χ2n) is 4.88. The number of methoxy groups -OCH3 is 2. The van der Waals surface area contributed by atoms with Gasteiger partial charge in [0.15, 0.2) is 5.82 Å². The van der Waals surface area contributed by atoms with Crippen LogP contribution in [0.15, 0.2) is 33.8 Å². The normalized spacial score (nSPS) is 11.0. The molecule has 0 aliphatic carbocycles. The third kappa shape index (κ3) is 3.07. The molecule has 8 nitrogen and oxygen atoms in total. The highest BCUT2D eigenvalue weighted by Crippen LogP contribution is 2.20. The van der Waals surface area contributed by atoms with Crippen LogP contribution in [0.25, 0.3) is 10.9 Å². The highest BCUT2D eigenvalue weighted by Gasteiger charge is 2.11. The molecule has 0 unspecified atom stereocenters. The molecule has 0 aliphatic rings. The van der Waals surface area contributed by atoms with Crippen LogP contribution in [0.1, 0.15) is 11.7 Å². The number of ether oxygens (including phenoxy) is 2. The van der Waals surface area contributed by atoms with Crippen molar-refractivity contribution >= 4 is 10.9 Å². The topological polar surface area (TPSA) is 92.3 Å². The van der Waals surface area contributed by atoms with Gasteiger partial charge >= 0.3 is 0 Å². The largest absolute Gasteiger partial charge is 0.494 e. The first-order chi connectivity index (χ1) is 11.2. The van der Waals surface area contributed by atoms with Crippen molar-refractivity contribution in [2.24, 2.45) is 0 Å². The molecule has 0 fully saturated rings. The zero-order valence-corrected chi connectivity index (χ0v) is 12.9. The van der Waals surface area contributed by atoms with Gasteiger partial charge in [-0.05, 0) is 12.1 Å². The van der Waals surface area contributed by atoms with Crippen LogP contribution in [0.3, 0.4) is 0 Å². The summed E-state index contributed by atoms with van der Waals surface area (Å²) < 4.78 is 16.8. The van der Waals surface area contributed by atoms with E-state index in [-0.39, 0.29) is 12.1 Å². The van der Waals surface area contributed by atoms with Crippen molar-refractivity contribution in [3.8, 4) is 5.75 Å². The summed E-state index contributed by atoms with van der Waals surface area (Å²) in [5.41, 5.74) is 0.341. The van der Waals surface area contributed by atoms with Gasteiger partial charge in [-0.2, -0.15) is 4.98 Å². The third-order valence-electron chi connectivity index (χ3n) is 3.38. The molecule has 0 aliphatic heterocycles. The van der Waals surface area contributed by atoms with Crippen LogP contribution in [0.2, 0.25) is 0 Å². The number of nitrogens with zero attached hydrogens (tertiary/aromatic N) is 4.